The number of halogens is 1. The van der Waals surface area contributed by atoms with Gasteiger partial charge in [0.15, 0.2) is 0 Å². The number of aromatic nitrogens is 6. The number of H-pyrrole nitrogens is 2. The van der Waals surface area contributed by atoms with Crippen molar-refractivity contribution in [3.05, 3.63) is 72.9 Å². The molecular weight excluding hydrogens is 469 g/mol. The van der Waals surface area contributed by atoms with E-state index in [4.69, 9.17) is 9.72 Å². The predicted octanol–water partition coefficient (Wildman–Crippen LogP) is 6.20. The maximum Gasteiger partial charge on any atom is 0.135 e. The number of ether oxygens (including phenoxy) is 1. The lowest BCUT2D eigenvalue weighted by molar-refractivity contribution is 0.411. The fourth-order valence-electron chi connectivity index (χ4n) is 4.47. The van der Waals surface area contributed by atoms with E-state index in [-0.39, 0.29) is 5.82 Å². The van der Waals surface area contributed by atoms with Crippen LogP contribution in [0.2, 0.25) is 0 Å². The number of fused-ring (bicyclic) bond motifs is 2. The number of anilines is 1. The first kappa shape index (κ1) is 22.7. The average molecular weight is 494 g/mol. The maximum absolute atomic E-state index is 14.2. The van der Waals surface area contributed by atoms with Crippen molar-refractivity contribution in [3.8, 4) is 39.7 Å². The Balaban J connectivity index is 1.45. The van der Waals surface area contributed by atoms with Gasteiger partial charge in [0.2, 0.25) is 0 Å². The van der Waals surface area contributed by atoms with Crippen LogP contribution in [-0.2, 0) is 0 Å². The van der Waals surface area contributed by atoms with Crippen molar-refractivity contribution in [2.45, 2.75) is 19.9 Å². The van der Waals surface area contributed by atoms with Crippen LogP contribution in [0.25, 0.3) is 55.8 Å². The second-order valence-corrected chi connectivity index (χ2v) is 9.11. The Morgan fingerprint density at radius 1 is 0.946 bits per heavy atom. The van der Waals surface area contributed by atoms with E-state index < -0.39 is 0 Å². The lowest BCUT2D eigenvalue weighted by Crippen LogP contribution is -2.09. The Labute approximate surface area is 212 Å². The van der Waals surface area contributed by atoms with E-state index in [0.717, 1.165) is 44.6 Å². The summed E-state index contributed by atoms with van der Waals surface area (Å²) in [5.74, 6) is 0.0443. The van der Waals surface area contributed by atoms with Crippen LogP contribution in [0.1, 0.15) is 13.8 Å². The largest absolute Gasteiger partial charge is 0.497 e. The second kappa shape index (κ2) is 9.02. The summed E-state index contributed by atoms with van der Waals surface area (Å²) in [6.45, 7) is 4.17. The minimum atomic E-state index is -0.388. The van der Waals surface area contributed by atoms with Crippen LogP contribution in [-0.4, -0.2) is 43.3 Å². The van der Waals surface area contributed by atoms with Gasteiger partial charge in [0.25, 0.3) is 0 Å². The summed E-state index contributed by atoms with van der Waals surface area (Å²) in [7, 11) is 1.51. The van der Waals surface area contributed by atoms with Gasteiger partial charge in [-0.05, 0) is 56.3 Å². The topological polar surface area (TPSA) is 104 Å². The Kier molecular flexibility index (Phi) is 5.52. The first-order chi connectivity index (χ1) is 18.0. The molecule has 0 saturated heterocycles. The highest BCUT2D eigenvalue weighted by Gasteiger charge is 2.17. The molecule has 0 radical (unpaired) electrons. The molecule has 3 N–H and O–H groups in total. The summed E-state index contributed by atoms with van der Waals surface area (Å²) in [6, 6.07) is 14.7. The summed E-state index contributed by atoms with van der Waals surface area (Å²) in [4.78, 5) is 17.3. The number of pyridine rings is 3. The zero-order valence-electron chi connectivity index (χ0n) is 20.5. The first-order valence-electron chi connectivity index (χ1n) is 11.9. The second-order valence-electron chi connectivity index (χ2n) is 9.11. The van der Waals surface area contributed by atoms with Crippen LogP contribution in [0.3, 0.4) is 0 Å². The molecule has 37 heavy (non-hydrogen) atoms. The van der Waals surface area contributed by atoms with Crippen LogP contribution in [0.4, 0.5) is 10.1 Å². The molecule has 5 aromatic heterocycles. The van der Waals surface area contributed by atoms with Crippen molar-refractivity contribution in [3.63, 3.8) is 0 Å². The van der Waals surface area contributed by atoms with Gasteiger partial charge in [0.05, 0.1) is 35.4 Å². The number of nitrogens with one attached hydrogen (secondary N) is 3. The smallest absolute Gasteiger partial charge is 0.135 e. The van der Waals surface area contributed by atoms with Crippen LogP contribution in [0.15, 0.2) is 67.1 Å². The number of aromatic amines is 2. The van der Waals surface area contributed by atoms with Gasteiger partial charge in [-0.25, -0.2) is 9.37 Å². The maximum atomic E-state index is 14.2. The third kappa shape index (κ3) is 4.24. The van der Waals surface area contributed by atoms with E-state index in [1.54, 1.807) is 24.7 Å². The summed E-state index contributed by atoms with van der Waals surface area (Å²) in [5, 5.41) is 11.8. The molecule has 9 heteroatoms. The summed E-state index contributed by atoms with van der Waals surface area (Å²) >= 11 is 0. The standard InChI is InChI=1S/C28H24FN7O/c1-15(2)32-19-9-17(13-30-14-19)22-4-5-24-27(34-22)28(36-35-24)25-12-21-23(33-25)6-7-31-26(21)16-8-18(29)11-20(10-16)37-3/h4-15,32-33H,1-3H3,(H,35,36). The monoisotopic (exact) mass is 493 g/mol. The number of methoxy groups -OCH3 is 1. The molecule has 184 valence electrons. The average Bonchev–Trinajstić information content (AvgIpc) is 3.51. The molecule has 0 aliphatic heterocycles. The van der Waals surface area contributed by atoms with Gasteiger partial charge in [0.1, 0.15) is 22.8 Å². The van der Waals surface area contributed by atoms with Crippen LogP contribution in [0.5, 0.6) is 5.75 Å². The minimum absolute atomic E-state index is 0.294. The van der Waals surface area contributed by atoms with E-state index in [9.17, 15) is 4.39 Å². The zero-order valence-corrected chi connectivity index (χ0v) is 20.5. The van der Waals surface area contributed by atoms with Gasteiger partial charge < -0.3 is 15.0 Å². The SMILES string of the molecule is COc1cc(F)cc(-c2nccc3[nH]c(-c4n[nH]c5ccc(-c6cncc(NC(C)C)c6)nc45)cc23)c1. The Bertz CT molecular complexity index is 1760. The van der Waals surface area contributed by atoms with Gasteiger partial charge in [0, 0.05) is 52.7 Å². The number of nitrogens with zero attached hydrogens (tertiary/aromatic N) is 4. The van der Waals surface area contributed by atoms with Gasteiger partial charge >= 0.3 is 0 Å². The molecule has 0 amide bonds. The predicted molar refractivity (Wildman–Crippen MR) is 143 cm³/mol. The van der Waals surface area contributed by atoms with Crippen molar-refractivity contribution in [2.24, 2.45) is 0 Å². The Morgan fingerprint density at radius 2 is 1.84 bits per heavy atom. The molecule has 0 bridgehead atoms. The van der Waals surface area contributed by atoms with Crippen molar-refractivity contribution in [1.29, 1.82) is 0 Å². The normalized spacial score (nSPS) is 11.5. The summed E-state index contributed by atoms with van der Waals surface area (Å²) in [6.07, 6.45) is 5.29. The molecule has 6 aromatic rings. The van der Waals surface area contributed by atoms with E-state index >= 15 is 0 Å². The molecule has 5 heterocycles. The van der Waals surface area contributed by atoms with Crippen LogP contribution < -0.4 is 10.1 Å². The van der Waals surface area contributed by atoms with E-state index in [0.29, 0.717) is 28.7 Å². The van der Waals surface area contributed by atoms with Gasteiger partial charge in [-0.2, -0.15) is 5.10 Å². The third-order valence-electron chi connectivity index (χ3n) is 6.08. The molecule has 8 nitrogen and oxygen atoms in total. The number of hydrogen-bond acceptors (Lipinski definition) is 6. The van der Waals surface area contributed by atoms with Gasteiger partial charge in [-0.15, -0.1) is 0 Å². The molecule has 1 aromatic carbocycles. The molecule has 0 spiro atoms. The molecular formula is C28H24FN7O. The molecule has 0 atom stereocenters. The molecule has 0 aliphatic carbocycles. The Morgan fingerprint density at radius 3 is 2.68 bits per heavy atom. The highest BCUT2D eigenvalue weighted by atomic mass is 19.1. The van der Waals surface area contributed by atoms with E-state index in [1.807, 2.05) is 30.3 Å². The number of hydrogen-bond donors (Lipinski definition) is 3. The molecule has 0 saturated carbocycles. The number of benzene rings is 1. The van der Waals surface area contributed by atoms with Gasteiger partial charge in [-0.3, -0.25) is 15.1 Å². The molecule has 0 aliphatic rings. The lowest BCUT2D eigenvalue weighted by atomic mass is 10.1. The summed E-state index contributed by atoms with van der Waals surface area (Å²) in [5.41, 5.74) is 7.76. The summed E-state index contributed by atoms with van der Waals surface area (Å²) < 4.78 is 19.5. The Hall–Kier alpha value is -4.79. The van der Waals surface area contributed by atoms with E-state index in [2.05, 4.69) is 44.3 Å². The van der Waals surface area contributed by atoms with Crippen molar-refractivity contribution in [1.82, 2.24) is 30.1 Å². The molecule has 0 unspecified atom stereocenters. The van der Waals surface area contributed by atoms with Crippen molar-refractivity contribution >= 4 is 27.6 Å². The fraction of sp³-hybridized carbons (Fsp3) is 0.143. The number of rotatable bonds is 6. The third-order valence-corrected chi connectivity index (χ3v) is 6.08. The van der Waals surface area contributed by atoms with Crippen molar-refractivity contribution < 1.29 is 9.13 Å². The minimum Gasteiger partial charge on any atom is -0.497 e. The highest BCUT2D eigenvalue weighted by Crippen LogP contribution is 2.34. The first-order valence-corrected chi connectivity index (χ1v) is 11.9. The van der Waals surface area contributed by atoms with Gasteiger partial charge in [-0.1, -0.05) is 0 Å². The zero-order chi connectivity index (χ0) is 25.5. The van der Waals surface area contributed by atoms with Crippen LogP contribution in [0, 0.1) is 5.82 Å². The molecule has 0 fully saturated rings. The molecule has 6 rings (SSSR count). The van der Waals surface area contributed by atoms with E-state index in [1.165, 1.54) is 19.2 Å². The fourth-order valence-corrected chi connectivity index (χ4v) is 4.47. The van der Waals surface area contributed by atoms with Crippen molar-refractivity contribution in [2.75, 3.05) is 12.4 Å². The highest BCUT2D eigenvalue weighted by molar-refractivity contribution is 5.99. The quantitative estimate of drug-likeness (QED) is 0.255. The van der Waals surface area contributed by atoms with Crippen LogP contribution >= 0.6 is 0 Å². The lowest BCUT2D eigenvalue weighted by Gasteiger charge is -2.10.